The van der Waals surface area contributed by atoms with Crippen LogP contribution in [0.15, 0.2) is 40.2 Å². The monoisotopic (exact) mass is 432 g/mol. The van der Waals surface area contributed by atoms with Gasteiger partial charge >= 0.3 is 0 Å². The van der Waals surface area contributed by atoms with Gasteiger partial charge in [-0.15, -0.1) is 21.5 Å². The van der Waals surface area contributed by atoms with Crippen LogP contribution in [-0.2, 0) is 6.42 Å². The smallest absolute Gasteiger partial charge is 0.196 e. The van der Waals surface area contributed by atoms with Crippen LogP contribution in [0.4, 0.5) is 0 Å². The highest BCUT2D eigenvalue weighted by atomic mass is 32.1. The average molecular weight is 433 g/mol. The SMILES string of the molecule is Cc1sc2c(c1C)C(c1ccc(C(C)C)cn1)=NC(Cc1ncco1)c1nnc(C)n1-2. The van der Waals surface area contributed by atoms with Gasteiger partial charge in [0.1, 0.15) is 23.1 Å². The van der Waals surface area contributed by atoms with Gasteiger partial charge < -0.3 is 4.42 Å². The van der Waals surface area contributed by atoms with Crippen molar-refractivity contribution in [1.29, 1.82) is 0 Å². The zero-order valence-electron chi connectivity index (χ0n) is 18.2. The molecule has 0 saturated heterocycles. The number of hydrogen-bond acceptors (Lipinski definition) is 7. The number of aliphatic imine (C=N–C) groups is 1. The number of hydrogen-bond donors (Lipinski definition) is 0. The van der Waals surface area contributed by atoms with Crippen LogP contribution < -0.4 is 0 Å². The Bertz CT molecular complexity index is 1260. The Morgan fingerprint density at radius 1 is 1.13 bits per heavy atom. The van der Waals surface area contributed by atoms with Crippen LogP contribution in [0.3, 0.4) is 0 Å². The van der Waals surface area contributed by atoms with Crippen molar-refractivity contribution < 1.29 is 4.42 Å². The number of aromatic nitrogens is 5. The van der Waals surface area contributed by atoms with Crippen molar-refractivity contribution in [3.05, 3.63) is 75.6 Å². The van der Waals surface area contributed by atoms with E-state index in [2.05, 4.69) is 59.6 Å². The first-order valence-corrected chi connectivity index (χ1v) is 11.2. The molecule has 7 nitrogen and oxygen atoms in total. The topological polar surface area (TPSA) is 82.0 Å². The van der Waals surface area contributed by atoms with E-state index in [-0.39, 0.29) is 6.04 Å². The van der Waals surface area contributed by atoms with Crippen LogP contribution in [-0.4, -0.2) is 30.4 Å². The molecule has 1 atom stereocenters. The molecule has 0 saturated carbocycles. The second-order valence-electron chi connectivity index (χ2n) is 8.16. The minimum atomic E-state index is -0.277. The van der Waals surface area contributed by atoms with Crippen molar-refractivity contribution in [1.82, 2.24) is 24.7 Å². The number of fused-ring (bicyclic) bond motifs is 3. The maximum atomic E-state index is 5.53. The first-order valence-electron chi connectivity index (χ1n) is 10.4. The van der Waals surface area contributed by atoms with Gasteiger partial charge in [0.05, 0.1) is 24.0 Å². The lowest BCUT2D eigenvalue weighted by Crippen LogP contribution is -2.10. The molecule has 0 bridgehead atoms. The van der Waals surface area contributed by atoms with E-state index in [9.17, 15) is 0 Å². The Morgan fingerprint density at radius 3 is 2.65 bits per heavy atom. The molecular formula is C23H24N6OS. The van der Waals surface area contributed by atoms with Crippen molar-refractivity contribution >= 4 is 17.0 Å². The average Bonchev–Trinajstić information content (AvgIpc) is 3.44. The van der Waals surface area contributed by atoms with E-state index in [1.165, 1.54) is 16.0 Å². The lowest BCUT2D eigenvalue weighted by molar-refractivity contribution is 0.467. The molecule has 5 rings (SSSR count). The van der Waals surface area contributed by atoms with Crippen LogP contribution in [0.2, 0.25) is 0 Å². The fourth-order valence-corrected chi connectivity index (χ4v) is 5.12. The number of thiophene rings is 1. The maximum Gasteiger partial charge on any atom is 0.196 e. The first kappa shape index (κ1) is 19.8. The Balaban J connectivity index is 1.74. The summed E-state index contributed by atoms with van der Waals surface area (Å²) in [5.41, 5.74) is 5.27. The molecular weight excluding hydrogens is 408 g/mol. The van der Waals surface area contributed by atoms with E-state index in [0.29, 0.717) is 18.2 Å². The van der Waals surface area contributed by atoms with Crippen LogP contribution in [0.1, 0.15) is 70.6 Å². The molecule has 8 heteroatoms. The fourth-order valence-electron chi connectivity index (χ4n) is 3.91. The van der Waals surface area contributed by atoms with Gasteiger partial charge in [0.25, 0.3) is 0 Å². The highest BCUT2D eigenvalue weighted by Crippen LogP contribution is 2.39. The number of aryl methyl sites for hydroxylation is 2. The molecule has 5 heterocycles. The van der Waals surface area contributed by atoms with E-state index >= 15 is 0 Å². The van der Waals surface area contributed by atoms with Gasteiger partial charge in [0, 0.05) is 16.6 Å². The van der Waals surface area contributed by atoms with Gasteiger partial charge in [-0.3, -0.25) is 14.5 Å². The molecule has 4 aromatic rings. The molecule has 31 heavy (non-hydrogen) atoms. The van der Waals surface area contributed by atoms with Crippen LogP contribution in [0, 0.1) is 20.8 Å². The quantitative estimate of drug-likeness (QED) is 0.458. The Labute approximate surface area is 184 Å². The highest BCUT2D eigenvalue weighted by molar-refractivity contribution is 7.15. The fraction of sp³-hybridized carbons (Fsp3) is 0.348. The molecule has 0 aliphatic carbocycles. The third-order valence-electron chi connectivity index (χ3n) is 5.79. The van der Waals surface area contributed by atoms with Gasteiger partial charge in [-0.25, -0.2) is 4.98 Å². The second-order valence-corrected chi connectivity index (χ2v) is 9.36. The van der Waals surface area contributed by atoms with E-state index in [4.69, 9.17) is 14.4 Å². The van der Waals surface area contributed by atoms with Crippen LogP contribution >= 0.6 is 11.3 Å². The summed E-state index contributed by atoms with van der Waals surface area (Å²) in [6, 6.07) is 3.94. The Kier molecular flexibility index (Phi) is 4.81. The third-order valence-corrected chi connectivity index (χ3v) is 6.98. The minimum absolute atomic E-state index is 0.277. The molecule has 0 spiro atoms. The van der Waals surface area contributed by atoms with Crippen LogP contribution in [0.25, 0.3) is 5.00 Å². The molecule has 0 amide bonds. The summed E-state index contributed by atoms with van der Waals surface area (Å²) in [4.78, 5) is 15.6. The summed E-state index contributed by atoms with van der Waals surface area (Å²) >= 11 is 1.74. The summed E-state index contributed by atoms with van der Waals surface area (Å²) in [6.07, 6.45) is 5.70. The summed E-state index contributed by atoms with van der Waals surface area (Å²) < 4.78 is 7.66. The zero-order valence-corrected chi connectivity index (χ0v) is 19.1. The predicted molar refractivity (Wildman–Crippen MR) is 120 cm³/mol. The van der Waals surface area contributed by atoms with Crippen LogP contribution in [0.5, 0.6) is 0 Å². The summed E-state index contributed by atoms with van der Waals surface area (Å²) in [7, 11) is 0. The maximum absolute atomic E-state index is 5.53. The normalized spacial score (nSPS) is 15.5. The lowest BCUT2D eigenvalue weighted by Gasteiger charge is -2.11. The van der Waals surface area contributed by atoms with Crippen molar-refractivity contribution in [2.75, 3.05) is 0 Å². The molecule has 0 radical (unpaired) electrons. The van der Waals surface area contributed by atoms with Gasteiger partial charge in [0.15, 0.2) is 11.7 Å². The summed E-state index contributed by atoms with van der Waals surface area (Å²) in [5.74, 6) is 2.69. The first-order chi connectivity index (χ1) is 14.9. The van der Waals surface area contributed by atoms with E-state index in [0.717, 1.165) is 33.6 Å². The number of rotatable bonds is 4. The van der Waals surface area contributed by atoms with E-state index in [1.54, 1.807) is 23.8 Å². The van der Waals surface area contributed by atoms with Gasteiger partial charge in [-0.2, -0.15) is 0 Å². The molecule has 0 aromatic carbocycles. The lowest BCUT2D eigenvalue weighted by atomic mass is 10.0. The largest absolute Gasteiger partial charge is 0.449 e. The van der Waals surface area contributed by atoms with E-state index < -0.39 is 0 Å². The molecule has 0 fully saturated rings. The summed E-state index contributed by atoms with van der Waals surface area (Å²) in [6.45, 7) is 10.6. The molecule has 4 aromatic heterocycles. The zero-order chi connectivity index (χ0) is 21.7. The molecule has 1 aliphatic heterocycles. The Hall–Kier alpha value is -3.13. The van der Waals surface area contributed by atoms with E-state index in [1.807, 2.05) is 13.1 Å². The summed E-state index contributed by atoms with van der Waals surface area (Å²) in [5, 5.41) is 9.97. The van der Waals surface area contributed by atoms with Gasteiger partial charge in [-0.05, 0) is 43.9 Å². The highest BCUT2D eigenvalue weighted by Gasteiger charge is 2.32. The molecule has 1 aliphatic rings. The number of nitrogens with zero attached hydrogens (tertiary/aromatic N) is 6. The van der Waals surface area contributed by atoms with Crippen molar-refractivity contribution in [3.63, 3.8) is 0 Å². The molecule has 1 unspecified atom stereocenters. The third kappa shape index (κ3) is 3.31. The second kappa shape index (κ2) is 7.53. The number of oxazole rings is 1. The van der Waals surface area contributed by atoms with Gasteiger partial charge in [-0.1, -0.05) is 19.9 Å². The van der Waals surface area contributed by atoms with Crippen molar-refractivity contribution in [3.8, 4) is 5.00 Å². The molecule has 158 valence electrons. The van der Waals surface area contributed by atoms with Crippen molar-refractivity contribution in [2.45, 2.75) is 53.0 Å². The number of pyridine rings is 1. The Morgan fingerprint density at radius 2 is 1.97 bits per heavy atom. The van der Waals surface area contributed by atoms with Crippen molar-refractivity contribution in [2.24, 2.45) is 4.99 Å². The molecule has 0 N–H and O–H groups in total. The minimum Gasteiger partial charge on any atom is -0.449 e. The standard InChI is InChI=1S/C23H24N6OS/c1-12(2)16-6-7-17(25-11-16)21-20-13(3)14(4)31-23(20)29-15(5)27-28-22(29)18(26-21)10-19-24-8-9-30-19/h6-9,11-12,18H,10H2,1-5H3. The predicted octanol–water partition coefficient (Wildman–Crippen LogP) is 4.90. The van der Waals surface area contributed by atoms with Gasteiger partial charge in [0.2, 0.25) is 0 Å².